The van der Waals surface area contributed by atoms with Crippen molar-refractivity contribution >= 4 is 17.4 Å². The van der Waals surface area contributed by atoms with Gasteiger partial charge >= 0.3 is 0 Å². The summed E-state index contributed by atoms with van der Waals surface area (Å²) >= 11 is 1.78. The van der Waals surface area contributed by atoms with Crippen LogP contribution in [-0.2, 0) is 19.5 Å². The van der Waals surface area contributed by atoms with Crippen LogP contribution < -0.4 is 10.6 Å². The fourth-order valence-corrected chi connectivity index (χ4v) is 3.80. The molecule has 0 atom stereocenters. The molecule has 0 unspecified atom stereocenters. The van der Waals surface area contributed by atoms with Crippen molar-refractivity contribution in [1.29, 1.82) is 0 Å². The predicted molar refractivity (Wildman–Crippen MR) is 91.9 cm³/mol. The normalized spacial score (nSPS) is 14.7. The molecule has 2 aromatic rings. The Kier molecular flexibility index (Phi) is 4.51. The number of anilines is 1. The van der Waals surface area contributed by atoms with Crippen molar-refractivity contribution in [2.24, 2.45) is 5.73 Å². The Morgan fingerprint density at radius 2 is 1.90 bits per heavy atom. The highest BCUT2D eigenvalue weighted by Gasteiger charge is 2.17. The number of nitrogens with zero attached hydrogens (tertiary/aromatic N) is 1. The van der Waals surface area contributed by atoms with Gasteiger partial charge in [0.15, 0.2) is 0 Å². The third-order valence-corrected chi connectivity index (χ3v) is 5.05. The maximum atomic E-state index is 6.03. The number of hydrogen-bond acceptors (Lipinski definition) is 3. The number of rotatable bonds is 3. The van der Waals surface area contributed by atoms with E-state index in [9.17, 15) is 0 Å². The SMILES string of the molecule is CSc1cccc(N2CCCc3ccccc3C2)c1CN. The minimum absolute atomic E-state index is 0.602. The molecule has 1 aliphatic rings. The van der Waals surface area contributed by atoms with Crippen LogP contribution in [0.1, 0.15) is 23.1 Å². The van der Waals surface area contributed by atoms with Gasteiger partial charge in [-0.25, -0.2) is 0 Å². The lowest BCUT2D eigenvalue weighted by Crippen LogP contribution is -2.24. The summed E-state index contributed by atoms with van der Waals surface area (Å²) < 4.78 is 0. The first-order valence-corrected chi connectivity index (χ1v) is 8.73. The molecule has 0 aromatic heterocycles. The van der Waals surface area contributed by atoms with E-state index in [2.05, 4.69) is 53.6 Å². The van der Waals surface area contributed by atoms with Crippen molar-refractivity contribution in [3.8, 4) is 0 Å². The van der Waals surface area contributed by atoms with Crippen molar-refractivity contribution in [3.63, 3.8) is 0 Å². The van der Waals surface area contributed by atoms with Gasteiger partial charge in [-0.3, -0.25) is 0 Å². The number of nitrogens with two attached hydrogens (primary N) is 1. The molecule has 1 heterocycles. The van der Waals surface area contributed by atoms with Crippen molar-refractivity contribution in [2.75, 3.05) is 17.7 Å². The summed E-state index contributed by atoms with van der Waals surface area (Å²) in [7, 11) is 0. The van der Waals surface area contributed by atoms with Crippen LogP contribution in [0.25, 0.3) is 0 Å². The van der Waals surface area contributed by atoms with E-state index < -0.39 is 0 Å². The minimum atomic E-state index is 0.602. The standard InChI is InChI=1S/C18H22N2S/c1-21-18-10-4-9-17(16(18)12-19)20-11-5-8-14-6-2-3-7-15(14)13-20/h2-4,6-7,9-10H,5,8,11-13,19H2,1H3. The van der Waals surface area contributed by atoms with E-state index in [4.69, 9.17) is 5.73 Å². The Balaban J connectivity index is 1.98. The van der Waals surface area contributed by atoms with Gasteiger partial charge in [-0.15, -0.1) is 11.8 Å². The fourth-order valence-electron chi connectivity index (χ4n) is 3.15. The Morgan fingerprint density at radius 1 is 1.10 bits per heavy atom. The van der Waals surface area contributed by atoms with Gasteiger partial charge in [0.1, 0.15) is 0 Å². The first-order valence-electron chi connectivity index (χ1n) is 7.51. The van der Waals surface area contributed by atoms with E-state index in [0.717, 1.165) is 13.1 Å². The third kappa shape index (κ3) is 2.94. The van der Waals surface area contributed by atoms with Gasteiger partial charge in [0, 0.05) is 35.8 Å². The second-order valence-electron chi connectivity index (χ2n) is 5.46. The number of thioether (sulfide) groups is 1. The van der Waals surface area contributed by atoms with Gasteiger partial charge in [-0.1, -0.05) is 30.3 Å². The zero-order chi connectivity index (χ0) is 14.7. The maximum absolute atomic E-state index is 6.03. The summed E-state index contributed by atoms with van der Waals surface area (Å²) in [6, 6.07) is 15.4. The Labute approximate surface area is 131 Å². The summed E-state index contributed by atoms with van der Waals surface area (Å²) in [5.74, 6) is 0. The molecule has 0 saturated carbocycles. The van der Waals surface area contributed by atoms with Crippen LogP contribution in [0.3, 0.4) is 0 Å². The molecule has 0 saturated heterocycles. The molecule has 2 aromatic carbocycles. The van der Waals surface area contributed by atoms with Crippen LogP contribution in [0.2, 0.25) is 0 Å². The summed E-state index contributed by atoms with van der Waals surface area (Å²) in [4.78, 5) is 3.79. The Hall–Kier alpha value is -1.45. The quantitative estimate of drug-likeness (QED) is 0.874. The van der Waals surface area contributed by atoms with Crippen LogP contribution in [0.5, 0.6) is 0 Å². The zero-order valence-electron chi connectivity index (χ0n) is 12.5. The molecule has 0 spiro atoms. The van der Waals surface area contributed by atoms with Crippen molar-refractivity contribution in [3.05, 3.63) is 59.2 Å². The lowest BCUT2D eigenvalue weighted by atomic mass is 10.0. The maximum Gasteiger partial charge on any atom is 0.0432 e. The van der Waals surface area contributed by atoms with Gasteiger partial charge in [-0.2, -0.15) is 0 Å². The summed E-state index contributed by atoms with van der Waals surface area (Å²) in [6.45, 7) is 2.69. The molecule has 2 N–H and O–H groups in total. The largest absolute Gasteiger partial charge is 0.367 e. The van der Waals surface area contributed by atoms with Crippen LogP contribution in [-0.4, -0.2) is 12.8 Å². The lowest BCUT2D eigenvalue weighted by Gasteiger charge is -2.26. The topological polar surface area (TPSA) is 29.3 Å². The molecule has 0 fully saturated rings. The molecule has 0 bridgehead atoms. The Morgan fingerprint density at radius 3 is 2.67 bits per heavy atom. The molecule has 21 heavy (non-hydrogen) atoms. The zero-order valence-corrected chi connectivity index (χ0v) is 13.3. The highest BCUT2D eigenvalue weighted by Crippen LogP contribution is 2.32. The lowest BCUT2D eigenvalue weighted by molar-refractivity contribution is 0.758. The number of benzene rings is 2. The monoisotopic (exact) mass is 298 g/mol. The van der Waals surface area contributed by atoms with Crippen molar-refractivity contribution in [2.45, 2.75) is 30.8 Å². The highest BCUT2D eigenvalue weighted by molar-refractivity contribution is 7.98. The van der Waals surface area contributed by atoms with Crippen LogP contribution >= 0.6 is 11.8 Å². The Bertz CT molecular complexity index is 624. The molecule has 3 heteroatoms. The second kappa shape index (κ2) is 6.54. The van der Waals surface area contributed by atoms with Crippen LogP contribution in [0, 0.1) is 0 Å². The number of fused-ring (bicyclic) bond motifs is 1. The van der Waals surface area contributed by atoms with Crippen molar-refractivity contribution in [1.82, 2.24) is 0 Å². The van der Waals surface area contributed by atoms with E-state index in [1.165, 1.54) is 40.1 Å². The van der Waals surface area contributed by atoms with E-state index in [-0.39, 0.29) is 0 Å². The first-order chi connectivity index (χ1) is 10.3. The minimum Gasteiger partial charge on any atom is -0.367 e. The molecule has 0 amide bonds. The molecule has 0 radical (unpaired) electrons. The van der Waals surface area contributed by atoms with Crippen LogP contribution in [0.15, 0.2) is 47.4 Å². The molecular weight excluding hydrogens is 276 g/mol. The van der Waals surface area contributed by atoms with Gasteiger partial charge in [0.2, 0.25) is 0 Å². The second-order valence-corrected chi connectivity index (χ2v) is 6.30. The molecular formula is C18H22N2S. The smallest absolute Gasteiger partial charge is 0.0432 e. The summed E-state index contributed by atoms with van der Waals surface area (Å²) in [6.07, 6.45) is 4.49. The van der Waals surface area contributed by atoms with Gasteiger partial charge in [0.25, 0.3) is 0 Å². The molecule has 0 aliphatic carbocycles. The fraction of sp³-hybridized carbons (Fsp3) is 0.333. The number of aryl methyl sites for hydroxylation is 1. The summed E-state index contributed by atoms with van der Waals surface area (Å²) in [5, 5.41) is 0. The van der Waals surface area contributed by atoms with Gasteiger partial charge in [-0.05, 0) is 42.4 Å². The third-order valence-electron chi connectivity index (χ3n) is 4.23. The number of hydrogen-bond donors (Lipinski definition) is 1. The van der Waals surface area contributed by atoms with E-state index >= 15 is 0 Å². The summed E-state index contributed by atoms with van der Waals surface area (Å²) in [5.41, 5.74) is 11.6. The van der Waals surface area contributed by atoms with Gasteiger partial charge in [0.05, 0.1) is 0 Å². The van der Waals surface area contributed by atoms with E-state index in [1.54, 1.807) is 11.8 Å². The molecule has 2 nitrogen and oxygen atoms in total. The predicted octanol–water partition coefficient (Wildman–Crippen LogP) is 3.82. The van der Waals surface area contributed by atoms with Gasteiger partial charge < -0.3 is 10.6 Å². The average molecular weight is 298 g/mol. The van der Waals surface area contributed by atoms with E-state index in [0.29, 0.717) is 6.54 Å². The van der Waals surface area contributed by atoms with Crippen LogP contribution in [0.4, 0.5) is 5.69 Å². The van der Waals surface area contributed by atoms with Crippen molar-refractivity contribution < 1.29 is 0 Å². The molecule has 1 aliphatic heterocycles. The highest BCUT2D eigenvalue weighted by atomic mass is 32.2. The van der Waals surface area contributed by atoms with E-state index in [1.807, 2.05) is 0 Å². The molecule has 3 rings (SSSR count). The molecule has 110 valence electrons. The average Bonchev–Trinajstić information content (AvgIpc) is 2.76. The first kappa shape index (κ1) is 14.5.